The maximum absolute atomic E-state index is 10.8. The number of rotatable bonds is 7. The molecule has 7 heteroatoms. The van der Waals surface area contributed by atoms with Gasteiger partial charge in [0.2, 0.25) is 0 Å². The Bertz CT molecular complexity index is 1040. The van der Waals surface area contributed by atoms with Gasteiger partial charge in [-0.3, -0.25) is 4.79 Å². The van der Waals surface area contributed by atoms with E-state index >= 15 is 0 Å². The van der Waals surface area contributed by atoms with Crippen molar-refractivity contribution in [1.82, 2.24) is 9.99 Å². The molecule has 0 spiro atoms. The van der Waals surface area contributed by atoms with Crippen molar-refractivity contribution < 1.29 is 9.90 Å². The van der Waals surface area contributed by atoms with Gasteiger partial charge in [-0.25, -0.2) is 0 Å². The van der Waals surface area contributed by atoms with E-state index in [1.165, 1.54) is 0 Å². The van der Waals surface area contributed by atoms with E-state index in [1.807, 2.05) is 44.2 Å². The summed E-state index contributed by atoms with van der Waals surface area (Å²) in [5.74, 6) is -0.838. The van der Waals surface area contributed by atoms with E-state index in [4.69, 9.17) is 28.3 Å². The van der Waals surface area contributed by atoms with Crippen LogP contribution in [0.15, 0.2) is 53.6 Å². The number of nitrogens with zero attached hydrogens (tertiary/aromatic N) is 2. The second-order valence-corrected chi connectivity index (χ2v) is 7.51. The van der Waals surface area contributed by atoms with Gasteiger partial charge in [0.05, 0.1) is 19.2 Å². The lowest BCUT2D eigenvalue weighted by Crippen LogP contribution is -2.07. The van der Waals surface area contributed by atoms with Gasteiger partial charge >= 0.3 is 5.97 Å². The number of carboxylic acid groups (broad SMARTS) is 1. The van der Waals surface area contributed by atoms with Crippen molar-refractivity contribution in [3.63, 3.8) is 0 Å². The molecule has 0 aliphatic heterocycles. The number of nitrogens with one attached hydrogen (secondary N) is 1. The number of benzene rings is 2. The number of aryl methyl sites for hydroxylation is 1. The molecule has 0 radical (unpaired) electrons. The molecule has 2 N–H and O–H groups in total. The van der Waals surface area contributed by atoms with Crippen LogP contribution in [0, 0.1) is 13.8 Å². The first-order chi connectivity index (χ1) is 13.9. The number of halogens is 2. The van der Waals surface area contributed by atoms with Gasteiger partial charge in [0, 0.05) is 38.2 Å². The highest BCUT2D eigenvalue weighted by Crippen LogP contribution is 2.24. The zero-order valence-electron chi connectivity index (χ0n) is 16.1. The first-order valence-electron chi connectivity index (χ1n) is 9.05. The molecule has 0 fully saturated rings. The van der Waals surface area contributed by atoms with Gasteiger partial charge in [0.15, 0.2) is 0 Å². The molecule has 2 aromatic carbocycles. The standard InChI is InChI=1S/C22H21Cl2N3O2/c1-14-10-17(12-25-26-13-19-20(23)4-3-5-21(19)24)15(2)27(14)18-8-6-16(7-9-18)11-22(28)29/h3-10,12,26H,11,13H2,1-2H3,(H,28,29)/b25-12+. The zero-order valence-corrected chi connectivity index (χ0v) is 17.6. The van der Waals surface area contributed by atoms with Crippen LogP contribution in [0.2, 0.25) is 10.0 Å². The number of carbonyl (C=O) groups is 1. The molecule has 0 saturated heterocycles. The van der Waals surface area contributed by atoms with Crippen molar-refractivity contribution in [2.24, 2.45) is 5.10 Å². The Labute approximate surface area is 179 Å². The summed E-state index contributed by atoms with van der Waals surface area (Å²) >= 11 is 12.3. The maximum Gasteiger partial charge on any atom is 0.307 e. The van der Waals surface area contributed by atoms with Crippen molar-refractivity contribution >= 4 is 35.4 Å². The summed E-state index contributed by atoms with van der Waals surface area (Å²) in [5.41, 5.74) is 8.62. The van der Waals surface area contributed by atoms with Gasteiger partial charge < -0.3 is 15.1 Å². The summed E-state index contributed by atoms with van der Waals surface area (Å²) in [6.45, 7) is 4.47. The molecule has 0 atom stereocenters. The molecule has 0 aliphatic rings. The number of hydrazone groups is 1. The van der Waals surface area contributed by atoms with Crippen LogP contribution in [-0.4, -0.2) is 21.9 Å². The number of hydrogen-bond donors (Lipinski definition) is 2. The highest BCUT2D eigenvalue weighted by molar-refractivity contribution is 6.35. The van der Waals surface area contributed by atoms with Gasteiger partial charge in [-0.2, -0.15) is 5.10 Å². The predicted octanol–water partition coefficient (Wildman–Crippen LogP) is 5.15. The number of carboxylic acids is 1. The zero-order chi connectivity index (χ0) is 21.0. The lowest BCUT2D eigenvalue weighted by Gasteiger charge is -2.10. The van der Waals surface area contributed by atoms with Crippen molar-refractivity contribution in [3.05, 3.63) is 86.7 Å². The molecule has 0 amide bonds. The minimum atomic E-state index is -0.838. The fourth-order valence-corrected chi connectivity index (χ4v) is 3.73. The summed E-state index contributed by atoms with van der Waals surface area (Å²) in [7, 11) is 0. The smallest absolute Gasteiger partial charge is 0.307 e. The van der Waals surface area contributed by atoms with Crippen LogP contribution < -0.4 is 5.43 Å². The number of aliphatic carboxylic acids is 1. The first-order valence-corrected chi connectivity index (χ1v) is 9.81. The fraction of sp³-hybridized carbons (Fsp3) is 0.182. The SMILES string of the molecule is Cc1cc(/C=N/NCc2c(Cl)cccc2Cl)c(C)n1-c1ccc(CC(=O)O)cc1. The lowest BCUT2D eigenvalue weighted by molar-refractivity contribution is -0.136. The summed E-state index contributed by atoms with van der Waals surface area (Å²) in [6.07, 6.45) is 1.78. The van der Waals surface area contributed by atoms with Gasteiger partial charge in [-0.1, -0.05) is 41.4 Å². The summed E-state index contributed by atoms with van der Waals surface area (Å²) < 4.78 is 2.11. The minimum Gasteiger partial charge on any atom is -0.481 e. The van der Waals surface area contributed by atoms with Gasteiger partial charge in [0.25, 0.3) is 0 Å². The normalized spacial score (nSPS) is 11.2. The van der Waals surface area contributed by atoms with Gasteiger partial charge in [-0.05, 0) is 49.7 Å². The lowest BCUT2D eigenvalue weighted by atomic mass is 10.1. The third-order valence-electron chi connectivity index (χ3n) is 4.63. The number of aromatic nitrogens is 1. The molecule has 1 aromatic heterocycles. The summed E-state index contributed by atoms with van der Waals surface area (Å²) in [5, 5.41) is 14.4. The van der Waals surface area contributed by atoms with E-state index < -0.39 is 5.97 Å². The third kappa shape index (κ3) is 5.00. The molecule has 29 heavy (non-hydrogen) atoms. The average molecular weight is 430 g/mol. The van der Waals surface area contributed by atoms with E-state index in [0.29, 0.717) is 16.6 Å². The average Bonchev–Trinajstić information content (AvgIpc) is 2.94. The van der Waals surface area contributed by atoms with Crippen LogP contribution in [-0.2, 0) is 17.8 Å². The van der Waals surface area contributed by atoms with Gasteiger partial charge in [-0.15, -0.1) is 0 Å². The molecule has 0 bridgehead atoms. The highest BCUT2D eigenvalue weighted by Gasteiger charge is 2.10. The monoisotopic (exact) mass is 429 g/mol. The largest absolute Gasteiger partial charge is 0.481 e. The Morgan fingerprint density at radius 2 is 1.79 bits per heavy atom. The van der Waals surface area contributed by atoms with E-state index in [1.54, 1.807) is 24.4 Å². The predicted molar refractivity (Wildman–Crippen MR) is 117 cm³/mol. The third-order valence-corrected chi connectivity index (χ3v) is 5.34. The summed E-state index contributed by atoms with van der Waals surface area (Å²) in [4.78, 5) is 10.8. The maximum atomic E-state index is 10.8. The van der Waals surface area contributed by atoms with Crippen LogP contribution in [0.5, 0.6) is 0 Å². The van der Waals surface area contributed by atoms with Crippen molar-refractivity contribution in [2.75, 3.05) is 0 Å². The number of hydrogen-bond acceptors (Lipinski definition) is 3. The Kier molecular flexibility index (Phi) is 6.62. The molecule has 0 unspecified atom stereocenters. The second kappa shape index (κ2) is 9.16. The Hall–Kier alpha value is -2.76. The quantitative estimate of drug-likeness (QED) is 0.402. The molecule has 3 rings (SSSR count). The summed E-state index contributed by atoms with van der Waals surface area (Å²) in [6, 6.07) is 15.0. The van der Waals surface area contributed by atoms with E-state index in [0.717, 1.165) is 33.8 Å². The minimum absolute atomic E-state index is 0.0168. The Morgan fingerprint density at radius 1 is 1.14 bits per heavy atom. The molecule has 1 heterocycles. The van der Waals surface area contributed by atoms with E-state index in [2.05, 4.69) is 15.1 Å². The molecule has 150 valence electrons. The highest BCUT2D eigenvalue weighted by atomic mass is 35.5. The fourth-order valence-electron chi connectivity index (χ4n) is 3.19. The topological polar surface area (TPSA) is 66.6 Å². The van der Waals surface area contributed by atoms with Crippen LogP contribution in [0.3, 0.4) is 0 Å². The molecule has 5 nitrogen and oxygen atoms in total. The molecular weight excluding hydrogens is 409 g/mol. The van der Waals surface area contributed by atoms with Crippen LogP contribution in [0.1, 0.15) is 28.1 Å². The van der Waals surface area contributed by atoms with E-state index in [9.17, 15) is 4.79 Å². The van der Waals surface area contributed by atoms with Crippen molar-refractivity contribution in [3.8, 4) is 5.69 Å². The molecule has 0 saturated carbocycles. The van der Waals surface area contributed by atoms with Crippen LogP contribution >= 0.6 is 23.2 Å². The Balaban J connectivity index is 1.74. The molecule has 3 aromatic rings. The Morgan fingerprint density at radius 3 is 2.41 bits per heavy atom. The van der Waals surface area contributed by atoms with Crippen LogP contribution in [0.25, 0.3) is 5.69 Å². The van der Waals surface area contributed by atoms with Crippen molar-refractivity contribution in [1.29, 1.82) is 0 Å². The van der Waals surface area contributed by atoms with Crippen molar-refractivity contribution in [2.45, 2.75) is 26.8 Å². The van der Waals surface area contributed by atoms with Crippen LogP contribution in [0.4, 0.5) is 0 Å². The molecular formula is C22H21Cl2N3O2. The van der Waals surface area contributed by atoms with E-state index in [-0.39, 0.29) is 6.42 Å². The first kappa shape index (κ1) is 21.0. The second-order valence-electron chi connectivity index (χ2n) is 6.69. The van der Waals surface area contributed by atoms with Gasteiger partial charge in [0.1, 0.15) is 0 Å². The molecule has 0 aliphatic carbocycles.